The molecule has 2 N–H and O–H groups in total. The van der Waals surface area contributed by atoms with Crippen LogP contribution in [0.1, 0.15) is 75.5 Å². The molecular weight excluding hydrogens is 432 g/mol. The summed E-state index contributed by atoms with van der Waals surface area (Å²) in [7, 11) is 0. The minimum Gasteiger partial charge on any atom is -0.386 e. The van der Waals surface area contributed by atoms with Crippen molar-refractivity contribution in [2.24, 2.45) is 11.3 Å². The standard InChI is InChI=1S/C28H34O6/c1-14(19-13-25(2)27(4,34-25)24(30)32-19)15-7-9-17-16(12-15)8-10-18-21(17)22-23(33-22)28(31)11-5-6-20(29)26(18,28)3/h5-7,9,12,14,18-19,21-24,30-31H,8,10-11,13H2,1-4H3/t14-,18-,19?,21-,22-,23-,24+,25-,26-,27+,28-/m0/s1. The third kappa shape index (κ3) is 2.42. The van der Waals surface area contributed by atoms with Gasteiger partial charge < -0.3 is 24.4 Å². The number of hydrogen-bond donors (Lipinski definition) is 2. The van der Waals surface area contributed by atoms with Crippen LogP contribution < -0.4 is 0 Å². The summed E-state index contributed by atoms with van der Waals surface area (Å²) >= 11 is 0. The minimum atomic E-state index is -1.11. The number of aliphatic hydroxyl groups excluding tert-OH is 1. The molecule has 1 unspecified atom stereocenters. The lowest BCUT2D eigenvalue weighted by Crippen LogP contribution is -2.65. The van der Waals surface area contributed by atoms with E-state index < -0.39 is 22.9 Å². The van der Waals surface area contributed by atoms with Crippen LogP contribution in [0, 0.1) is 11.3 Å². The lowest BCUT2D eigenvalue weighted by Gasteiger charge is -2.55. The maximum atomic E-state index is 13.2. The number of ketones is 1. The first kappa shape index (κ1) is 21.7. The van der Waals surface area contributed by atoms with Gasteiger partial charge in [0.2, 0.25) is 0 Å². The van der Waals surface area contributed by atoms with Crippen LogP contribution in [0.15, 0.2) is 30.4 Å². The Kier molecular flexibility index (Phi) is 4.08. The van der Waals surface area contributed by atoms with Crippen molar-refractivity contribution in [2.45, 2.75) is 107 Å². The van der Waals surface area contributed by atoms with Crippen molar-refractivity contribution in [2.75, 3.05) is 0 Å². The average molecular weight is 467 g/mol. The van der Waals surface area contributed by atoms with E-state index in [0.717, 1.165) is 19.3 Å². The Hall–Kier alpha value is -1.57. The molecule has 1 aromatic carbocycles. The first-order valence-corrected chi connectivity index (χ1v) is 12.8. The largest absolute Gasteiger partial charge is 0.386 e. The second kappa shape index (κ2) is 6.40. The van der Waals surface area contributed by atoms with Gasteiger partial charge in [0.15, 0.2) is 12.1 Å². The van der Waals surface area contributed by atoms with Crippen LogP contribution in [-0.2, 0) is 25.4 Å². The van der Waals surface area contributed by atoms with Crippen LogP contribution in [0.4, 0.5) is 0 Å². The van der Waals surface area contributed by atoms with Crippen molar-refractivity contribution in [3.8, 4) is 0 Å². The summed E-state index contributed by atoms with van der Waals surface area (Å²) < 4.78 is 18.0. The Bertz CT molecular complexity index is 1130. The van der Waals surface area contributed by atoms with Crippen molar-refractivity contribution in [3.63, 3.8) is 0 Å². The second-order valence-corrected chi connectivity index (χ2v) is 12.2. The highest BCUT2D eigenvalue weighted by atomic mass is 16.7. The number of ether oxygens (including phenoxy) is 3. The predicted molar refractivity (Wildman–Crippen MR) is 123 cm³/mol. The number of allylic oxidation sites excluding steroid dienone is 1. The molecule has 7 rings (SSSR count). The molecule has 3 saturated heterocycles. The second-order valence-electron chi connectivity index (χ2n) is 12.2. The molecule has 3 heterocycles. The Labute approximate surface area is 200 Å². The van der Waals surface area contributed by atoms with Gasteiger partial charge in [-0.1, -0.05) is 31.2 Å². The number of carbonyl (C=O) groups excluding carboxylic acids is 1. The van der Waals surface area contributed by atoms with Crippen LogP contribution >= 0.6 is 0 Å². The van der Waals surface area contributed by atoms with Gasteiger partial charge in [0.05, 0.1) is 17.6 Å². The summed E-state index contributed by atoms with van der Waals surface area (Å²) in [5.74, 6) is 0.351. The van der Waals surface area contributed by atoms with E-state index in [4.69, 9.17) is 14.2 Å². The van der Waals surface area contributed by atoms with Crippen molar-refractivity contribution >= 4 is 5.78 Å². The summed E-state index contributed by atoms with van der Waals surface area (Å²) in [5.41, 5.74) is 0.920. The zero-order valence-corrected chi connectivity index (χ0v) is 20.3. The van der Waals surface area contributed by atoms with Gasteiger partial charge in [-0.15, -0.1) is 0 Å². The van der Waals surface area contributed by atoms with Gasteiger partial charge in [-0.25, -0.2) is 0 Å². The SMILES string of the molecule is C[C@@H](c1ccc2c(c1)CC[C@H]1[C@H]2[C@@H]2O[C@@H]2[C@@]2(O)CC=CC(=O)[C@]12C)C1C[C@]2(C)O[C@]2(C)[C@H](O)O1. The maximum Gasteiger partial charge on any atom is 0.186 e. The van der Waals surface area contributed by atoms with Crippen molar-refractivity contribution < 1.29 is 29.2 Å². The Balaban J connectivity index is 1.20. The van der Waals surface area contributed by atoms with Gasteiger partial charge in [-0.3, -0.25) is 4.79 Å². The maximum absolute atomic E-state index is 13.2. The minimum absolute atomic E-state index is 0.0221. The lowest BCUT2D eigenvalue weighted by molar-refractivity contribution is -0.187. The number of rotatable bonds is 2. The van der Waals surface area contributed by atoms with E-state index in [0.29, 0.717) is 6.42 Å². The Morgan fingerprint density at radius 1 is 1.18 bits per heavy atom. The average Bonchev–Trinajstić information content (AvgIpc) is 3.70. The molecule has 1 aromatic rings. The van der Waals surface area contributed by atoms with E-state index in [1.807, 2.05) is 19.9 Å². The van der Waals surface area contributed by atoms with Crippen LogP contribution in [0.25, 0.3) is 0 Å². The summed E-state index contributed by atoms with van der Waals surface area (Å²) in [5, 5.41) is 22.1. The number of hydrogen-bond acceptors (Lipinski definition) is 6. The van der Waals surface area contributed by atoms with Gasteiger partial charge in [0, 0.05) is 18.3 Å². The van der Waals surface area contributed by atoms with E-state index in [1.165, 1.54) is 16.7 Å². The fourth-order valence-electron chi connectivity index (χ4n) is 8.09. The van der Waals surface area contributed by atoms with E-state index >= 15 is 0 Å². The van der Waals surface area contributed by atoms with Crippen LogP contribution in [-0.4, -0.2) is 57.4 Å². The van der Waals surface area contributed by atoms with Crippen molar-refractivity contribution in [1.29, 1.82) is 0 Å². The molecule has 6 aliphatic rings. The molecule has 182 valence electrons. The van der Waals surface area contributed by atoms with Gasteiger partial charge >= 0.3 is 0 Å². The third-order valence-corrected chi connectivity index (χ3v) is 10.8. The normalized spacial score (nSPS) is 53.1. The molecule has 6 heteroatoms. The molecule has 34 heavy (non-hydrogen) atoms. The quantitative estimate of drug-likeness (QED) is 0.651. The molecule has 1 saturated carbocycles. The number of fused-ring (bicyclic) bond motifs is 9. The van der Waals surface area contributed by atoms with Crippen molar-refractivity contribution in [3.05, 3.63) is 47.0 Å². The Morgan fingerprint density at radius 2 is 1.97 bits per heavy atom. The molecule has 0 bridgehead atoms. The Morgan fingerprint density at radius 3 is 2.74 bits per heavy atom. The summed E-state index contributed by atoms with van der Waals surface area (Å²) in [6.07, 6.45) is 5.14. The van der Waals surface area contributed by atoms with Gasteiger partial charge in [-0.2, -0.15) is 0 Å². The molecule has 6 nitrogen and oxygen atoms in total. The number of carbonyl (C=O) groups is 1. The smallest absolute Gasteiger partial charge is 0.186 e. The number of aryl methyl sites for hydroxylation is 1. The molecule has 3 aliphatic carbocycles. The van der Waals surface area contributed by atoms with Crippen LogP contribution in [0.2, 0.25) is 0 Å². The topological polar surface area (TPSA) is 91.8 Å². The summed E-state index contributed by atoms with van der Waals surface area (Å²) in [6.45, 7) is 8.10. The van der Waals surface area contributed by atoms with E-state index in [-0.39, 0.29) is 47.4 Å². The predicted octanol–water partition coefficient (Wildman–Crippen LogP) is 3.14. The first-order valence-electron chi connectivity index (χ1n) is 12.8. The molecule has 0 spiro atoms. The molecule has 11 atom stereocenters. The summed E-state index contributed by atoms with van der Waals surface area (Å²) in [6, 6.07) is 6.68. The third-order valence-electron chi connectivity index (χ3n) is 10.8. The van der Waals surface area contributed by atoms with Crippen molar-refractivity contribution in [1.82, 2.24) is 0 Å². The zero-order chi connectivity index (χ0) is 23.8. The zero-order valence-electron chi connectivity index (χ0n) is 20.3. The van der Waals surface area contributed by atoms with E-state index in [1.54, 1.807) is 6.08 Å². The van der Waals surface area contributed by atoms with E-state index in [9.17, 15) is 15.0 Å². The first-order chi connectivity index (χ1) is 16.0. The monoisotopic (exact) mass is 466 g/mol. The summed E-state index contributed by atoms with van der Waals surface area (Å²) in [4.78, 5) is 13.2. The fraction of sp³-hybridized carbons (Fsp3) is 0.679. The van der Waals surface area contributed by atoms with E-state index in [2.05, 4.69) is 32.0 Å². The highest BCUT2D eigenvalue weighted by molar-refractivity contribution is 5.97. The highest BCUT2D eigenvalue weighted by Gasteiger charge is 2.75. The molecule has 0 radical (unpaired) electrons. The van der Waals surface area contributed by atoms with Gasteiger partial charge in [0.1, 0.15) is 22.9 Å². The highest BCUT2D eigenvalue weighted by Crippen LogP contribution is 2.66. The van der Waals surface area contributed by atoms with Crippen LogP contribution in [0.5, 0.6) is 0 Å². The molecule has 4 fully saturated rings. The molecule has 3 aliphatic heterocycles. The number of aliphatic hydroxyl groups is 2. The lowest BCUT2D eigenvalue weighted by atomic mass is 9.48. The molecular formula is C28H34O6. The molecule has 0 amide bonds. The number of benzene rings is 1. The number of epoxide rings is 2. The van der Waals surface area contributed by atoms with Gasteiger partial charge in [0.25, 0.3) is 0 Å². The molecule has 0 aromatic heterocycles. The fourth-order valence-corrected chi connectivity index (χ4v) is 8.09. The van der Waals surface area contributed by atoms with Gasteiger partial charge in [-0.05, 0) is 68.7 Å². The van der Waals surface area contributed by atoms with Crippen LogP contribution in [0.3, 0.4) is 0 Å².